The highest BCUT2D eigenvalue weighted by atomic mass is 32.2. The lowest BCUT2D eigenvalue weighted by molar-refractivity contribution is 0.106. The van der Waals surface area contributed by atoms with Crippen LogP contribution in [0.5, 0.6) is 0 Å². The lowest BCUT2D eigenvalue weighted by Crippen LogP contribution is -2.44. The van der Waals surface area contributed by atoms with Crippen molar-refractivity contribution in [3.05, 3.63) is 35.6 Å². The molecule has 8 heteroatoms. The van der Waals surface area contributed by atoms with Gasteiger partial charge in [-0.25, -0.2) is 12.8 Å². The molecule has 0 spiro atoms. The Kier molecular flexibility index (Phi) is 8.14. The molecule has 0 bridgehead atoms. The molecule has 0 heterocycles. The number of nitrogens with zero attached hydrogens (tertiary/aromatic N) is 1. The Hall–Kier alpha value is -1.67. The van der Waals surface area contributed by atoms with E-state index in [0.29, 0.717) is 18.9 Å². The molecule has 1 aromatic rings. The highest BCUT2D eigenvalue weighted by molar-refractivity contribution is 7.90. The molecular formula is C16H26FN3O3S. The minimum Gasteiger partial charge on any atom is -0.375 e. The van der Waals surface area contributed by atoms with E-state index in [1.165, 1.54) is 18.4 Å². The predicted molar refractivity (Wildman–Crippen MR) is 94.4 cm³/mol. The second-order valence-corrected chi connectivity index (χ2v) is 7.95. The van der Waals surface area contributed by atoms with Crippen LogP contribution < -0.4 is 10.6 Å². The van der Waals surface area contributed by atoms with Crippen molar-refractivity contribution in [2.45, 2.75) is 25.5 Å². The molecule has 136 valence electrons. The summed E-state index contributed by atoms with van der Waals surface area (Å²) in [6.45, 7) is 2.34. The van der Waals surface area contributed by atoms with Crippen LogP contribution in [0.2, 0.25) is 0 Å². The van der Waals surface area contributed by atoms with Crippen molar-refractivity contribution in [3.8, 4) is 0 Å². The molecule has 0 aliphatic rings. The van der Waals surface area contributed by atoms with Crippen LogP contribution in [0.25, 0.3) is 0 Å². The van der Waals surface area contributed by atoms with Gasteiger partial charge in [-0.2, -0.15) is 0 Å². The highest BCUT2D eigenvalue weighted by Crippen LogP contribution is 2.16. The third-order valence-electron chi connectivity index (χ3n) is 3.51. The summed E-state index contributed by atoms with van der Waals surface area (Å²) in [7, 11) is 0.239. The van der Waals surface area contributed by atoms with Gasteiger partial charge in [-0.1, -0.05) is 12.1 Å². The van der Waals surface area contributed by atoms with Crippen molar-refractivity contribution in [2.24, 2.45) is 4.99 Å². The van der Waals surface area contributed by atoms with Crippen molar-refractivity contribution >= 4 is 15.8 Å². The van der Waals surface area contributed by atoms with Crippen LogP contribution in [0.15, 0.2) is 29.3 Å². The average Bonchev–Trinajstić information content (AvgIpc) is 2.53. The number of hydrogen-bond donors (Lipinski definition) is 2. The Morgan fingerprint density at radius 1 is 1.33 bits per heavy atom. The van der Waals surface area contributed by atoms with Gasteiger partial charge in [0, 0.05) is 33.0 Å². The molecule has 2 atom stereocenters. The average molecular weight is 359 g/mol. The van der Waals surface area contributed by atoms with Gasteiger partial charge < -0.3 is 15.4 Å². The molecule has 0 amide bonds. The van der Waals surface area contributed by atoms with E-state index >= 15 is 0 Å². The van der Waals surface area contributed by atoms with Gasteiger partial charge in [-0.05, 0) is 31.0 Å². The fraction of sp³-hybridized carbons (Fsp3) is 0.562. The molecule has 0 aliphatic carbocycles. The first-order valence-electron chi connectivity index (χ1n) is 7.68. The molecule has 1 rings (SSSR count). The van der Waals surface area contributed by atoms with E-state index in [9.17, 15) is 12.8 Å². The first-order valence-corrected chi connectivity index (χ1v) is 9.74. The SMILES string of the molecule is CN=C(NCC(OC)c1ccc(F)cc1)NC(C)CCS(C)(=O)=O. The summed E-state index contributed by atoms with van der Waals surface area (Å²) >= 11 is 0. The molecule has 0 aromatic heterocycles. The van der Waals surface area contributed by atoms with Crippen LogP contribution in [0, 0.1) is 5.82 Å². The van der Waals surface area contributed by atoms with Gasteiger partial charge in [0.05, 0.1) is 11.9 Å². The molecule has 0 aliphatic heterocycles. The fourth-order valence-corrected chi connectivity index (χ4v) is 2.88. The minimum atomic E-state index is -2.98. The van der Waals surface area contributed by atoms with Crippen molar-refractivity contribution < 1.29 is 17.5 Å². The van der Waals surface area contributed by atoms with Crippen LogP contribution in [0.1, 0.15) is 25.0 Å². The van der Waals surface area contributed by atoms with Crippen molar-refractivity contribution in [1.82, 2.24) is 10.6 Å². The molecule has 2 N–H and O–H groups in total. The molecule has 24 heavy (non-hydrogen) atoms. The molecule has 6 nitrogen and oxygen atoms in total. The maximum atomic E-state index is 13.0. The molecule has 0 saturated heterocycles. The van der Waals surface area contributed by atoms with E-state index in [2.05, 4.69) is 15.6 Å². The number of guanidine groups is 1. The zero-order valence-corrected chi connectivity index (χ0v) is 15.4. The van der Waals surface area contributed by atoms with Crippen LogP contribution in [0.4, 0.5) is 4.39 Å². The van der Waals surface area contributed by atoms with Gasteiger partial charge in [-0.3, -0.25) is 4.99 Å². The van der Waals surface area contributed by atoms with Gasteiger partial charge in [0.25, 0.3) is 0 Å². The monoisotopic (exact) mass is 359 g/mol. The van der Waals surface area contributed by atoms with Crippen molar-refractivity contribution in [2.75, 3.05) is 32.7 Å². The maximum Gasteiger partial charge on any atom is 0.191 e. The number of benzene rings is 1. The van der Waals surface area contributed by atoms with Crippen molar-refractivity contribution in [1.29, 1.82) is 0 Å². The number of ether oxygens (including phenoxy) is 1. The maximum absolute atomic E-state index is 13.0. The van der Waals surface area contributed by atoms with Crippen LogP contribution in [0.3, 0.4) is 0 Å². The zero-order valence-electron chi connectivity index (χ0n) is 14.5. The largest absolute Gasteiger partial charge is 0.375 e. The summed E-state index contributed by atoms with van der Waals surface area (Å²) in [6.07, 6.45) is 1.46. The summed E-state index contributed by atoms with van der Waals surface area (Å²) in [6, 6.07) is 6.09. The number of nitrogens with one attached hydrogen (secondary N) is 2. The zero-order chi connectivity index (χ0) is 18.2. The second kappa shape index (κ2) is 9.58. The molecule has 0 radical (unpaired) electrons. The Labute approximate surface area is 143 Å². The standard InChI is InChI=1S/C16H26FN3O3S/c1-12(9-10-24(4,21)22)20-16(18-2)19-11-15(23-3)13-5-7-14(17)8-6-13/h5-8,12,15H,9-11H2,1-4H3,(H2,18,19,20). The van der Waals surface area contributed by atoms with Gasteiger partial charge in [0.15, 0.2) is 5.96 Å². The number of rotatable bonds is 8. The van der Waals surface area contributed by atoms with Crippen LogP contribution in [-0.4, -0.2) is 53.1 Å². The summed E-state index contributed by atoms with van der Waals surface area (Å²) < 4.78 is 40.8. The van der Waals surface area contributed by atoms with E-state index in [0.717, 1.165) is 5.56 Å². The normalized spacial score (nSPS) is 15.0. The number of halogens is 1. The lowest BCUT2D eigenvalue weighted by Gasteiger charge is -2.21. The predicted octanol–water partition coefficient (Wildman–Crippen LogP) is 1.50. The third-order valence-corrected chi connectivity index (χ3v) is 4.49. The van der Waals surface area contributed by atoms with Crippen LogP contribution >= 0.6 is 0 Å². The van der Waals surface area contributed by atoms with E-state index in [4.69, 9.17) is 4.74 Å². The fourth-order valence-electron chi connectivity index (χ4n) is 2.10. The molecular weight excluding hydrogens is 333 g/mol. The minimum absolute atomic E-state index is 0.0438. The molecule has 0 saturated carbocycles. The molecule has 2 unspecified atom stereocenters. The van der Waals surface area contributed by atoms with Gasteiger partial charge in [-0.15, -0.1) is 0 Å². The molecule has 1 aromatic carbocycles. The van der Waals surface area contributed by atoms with E-state index in [-0.39, 0.29) is 23.7 Å². The van der Waals surface area contributed by atoms with Crippen molar-refractivity contribution in [3.63, 3.8) is 0 Å². The first kappa shape index (κ1) is 20.4. The Bertz CT molecular complexity index is 632. The Morgan fingerprint density at radius 3 is 2.46 bits per heavy atom. The van der Waals surface area contributed by atoms with Gasteiger partial charge >= 0.3 is 0 Å². The number of methoxy groups -OCH3 is 1. The smallest absolute Gasteiger partial charge is 0.191 e. The first-order chi connectivity index (χ1) is 11.2. The highest BCUT2D eigenvalue weighted by Gasteiger charge is 2.13. The summed E-state index contributed by atoms with van der Waals surface area (Å²) in [5, 5.41) is 6.27. The van der Waals surface area contributed by atoms with Crippen LogP contribution in [-0.2, 0) is 14.6 Å². The topological polar surface area (TPSA) is 79.8 Å². The van der Waals surface area contributed by atoms with E-state index in [1.54, 1.807) is 26.3 Å². The number of aliphatic imine (C=N–C) groups is 1. The third kappa shape index (κ3) is 7.74. The molecule has 0 fully saturated rings. The second-order valence-electron chi connectivity index (χ2n) is 5.69. The number of hydrogen-bond acceptors (Lipinski definition) is 4. The lowest BCUT2D eigenvalue weighted by atomic mass is 10.1. The summed E-state index contributed by atoms with van der Waals surface area (Å²) in [5.41, 5.74) is 0.854. The quantitative estimate of drug-likeness (QED) is 0.543. The van der Waals surface area contributed by atoms with E-state index in [1.807, 2.05) is 6.92 Å². The Balaban J connectivity index is 2.54. The number of sulfone groups is 1. The summed E-state index contributed by atoms with van der Waals surface area (Å²) in [5.74, 6) is 0.382. The Morgan fingerprint density at radius 2 is 1.96 bits per heavy atom. The van der Waals surface area contributed by atoms with Gasteiger partial charge in [0.1, 0.15) is 15.7 Å². The summed E-state index contributed by atoms with van der Waals surface area (Å²) in [4.78, 5) is 4.12. The van der Waals surface area contributed by atoms with Gasteiger partial charge in [0.2, 0.25) is 0 Å². The van der Waals surface area contributed by atoms with E-state index < -0.39 is 9.84 Å².